The van der Waals surface area contributed by atoms with Gasteiger partial charge >= 0.3 is 0 Å². The third-order valence-electron chi connectivity index (χ3n) is 9.39. The van der Waals surface area contributed by atoms with Gasteiger partial charge in [0, 0.05) is 25.7 Å². The number of hydrogen-bond donors (Lipinski definition) is 3. The van der Waals surface area contributed by atoms with Gasteiger partial charge in [-0.1, -0.05) is 140 Å². The van der Waals surface area contributed by atoms with Gasteiger partial charge in [0.15, 0.2) is 0 Å². The lowest BCUT2D eigenvalue weighted by atomic mass is 9.90. The van der Waals surface area contributed by atoms with E-state index in [9.17, 15) is 0 Å². The Morgan fingerprint density at radius 1 is 0.404 bits per heavy atom. The van der Waals surface area contributed by atoms with Crippen LogP contribution in [-0.2, 0) is 0 Å². The van der Waals surface area contributed by atoms with Gasteiger partial charge < -0.3 is 0 Å². The standard InChI is InChI=1S/C43H33N3S/c1-3-12-28(13-4-1)32-18-11-19-33(26-32)35-24-25-38-39(36-20-9-10-21-37(36)47-38)40(35)43-45-41(30-15-5-2-6-16-30)44-42(46-43)34-23-22-29-14-7-8-17-31(29)27-34/h1-27,41-46H. The Balaban J connectivity index is 1.25. The highest BCUT2D eigenvalue weighted by atomic mass is 32.1. The van der Waals surface area contributed by atoms with E-state index in [-0.39, 0.29) is 18.5 Å². The summed E-state index contributed by atoms with van der Waals surface area (Å²) in [6.07, 6.45) is -0.294. The van der Waals surface area contributed by atoms with Crippen LogP contribution in [0.5, 0.6) is 0 Å². The number of nitrogens with one attached hydrogen (secondary N) is 3. The summed E-state index contributed by atoms with van der Waals surface area (Å²) in [6, 6.07) is 59.2. The van der Waals surface area contributed by atoms with E-state index >= 15 is 0 Å². The molecule has 8 aromatic rings. The predicted molar refractivity (Wildman–Crippen MR) is 198 cm³/mol. The van der Waals surface area contributed by atoms with Gasteiger partial charge in [-0.05, 0) is 68.4 Å². The molecule has 2 heterocycles. The molecule has 0 amide bonds. The lowest BCUT2D eigenvalue weighted by molar-refractivity contribution is 0.204. The van der Waals surface area contributed by atoms with Gasteiger partial charge in [0.05, 0.1) is 18.5 Å². The zero-order chi connectivity index (χ0) is 31.2. The number of fused-ring (bicyclic) bond motifs is 4. The molecule has 1 aliphatic heterocycles. The van der Waals surface area contributed by atoms with E-state index in [1.165, 1.54) is 69.9 Å². The first-order valence-corrected chi connectivity index (χ1v) is 17.0. The van der Waals surface area contributed by atoms with E-state index in [1.807, 2.05) is 11.3 Å². The normalized spacial score (nSPS) is 18.2. The fraction of sp³-hybridized carbons (Fsp3) is 0.0698. The summed E-state index contributed by atoms with van der Waals surface area (Å²) in [5.74, 6) is 0. The van der Waals surface area contributed by atoms with Gasteiger partial charge in [-0.2, -0.15) is 0 Å². The van der Waals surface area contributed by atoms with E-state index in [0.29, 0.717) is 0 Å². The molecule has 7 aromatic carbocycles. The van der Waals surface area contributed by atoms with Crippen LogP contribution in [0.2, 0.25) is 0 Å². The van der Waals surface area contributed by atoms with E-state index in [2.05, 4.69) is 180 Å². The molecule has 0 bridgehead atoms. The Bertz CT molecular complexity index is 2360. The SMILES string of the molecule is c1ccc(-c2cccc(-c3ccc4sc5ccccc5c4c3C3NC(c4ccccc4)NC(c4ccc5ccccc5c4)N3)c2)cc1. The maximum absolute atomic E-state index is 4.04. The lowest BCUT2D eigenvalue weighted by Gasteiger charge is -2.40. The molecule has 4 heteroatoms. The Labute approximate surface area is 278 Å². The summed E-state index contributed by atoms with van der Waals surface area (Å²) < 4.78 is 2.60. The Hall–Kier alpha value is -5.10. The van der Waals surface area contributed by atoms with Crippen molar-refractivity contribution in [1.29, 1.82) is 0 Å². The summed E-state index contributed by atoms with van der Waals surface area (Å²) in [5, 5.41) is 17.0. The molecule has 0 spiro atoms. The van der Waals surface area contributed by atoms with Crippen molar-refractivity contribution in [2.45, 2.75) is 18.5 Å². The van der Waals surface area contributed by atoms with Crippen LogP contribution in [0.15, 0.2) is 164 Å². The summed E-state index contributed by atoms with van der Waals surface area (Å²) in [4.78, 5) is 0. The van der Waals surface area contributed by atoms with E-state index in [0.717, 1.165) is 0 Å². The van der Waals surface area contributed by atoms with Gasteiger partial charge in [0.1, 0.15) is 0 Å². The second kappa shape index (κ2) is 11.9. The average molecular weight is 624 g/mol. The van der Waals surface area contributed by atoms with Crippen LogP contribution in [0.3, 0.4) is 0 Å². The molecular formula is C43H33N3S. The summed E-state index contributed by atoms with van der Waals surface area (Å²) in [6.45, 7) is 0. The minimum Gasteiger partial charge on any atom is -0.279 e. The summed E-state index contributed by atoms with van der Waals surface area (Å²) in [5.41, 5.74) is 8.57. The first-order chi connectivity index (χ1) is 23.3. The van der Waals surface area contributed by atoms with Gasteiger partial charge in [-0.25, -0.2) is 0 Å². The highest BCUT2D eigenvalue weighted by Crippen LogP contribution is 2.44. The molecule has 3 nitrogen and oxygen atoms in total. The maximum Gasteiger partial charge on any atom is 0.0877 e. The van der Waals surface area contributed by atoms with Crippen molar-refractivity contribution in [3.8, 4) is 22.3 Å². The molecule has 1 aromatic heterocycles. The number of hydrogen-bond acceptors (Lipinski definition) is 4. The van der Waals surface area contributed by atoms with Crippen LogP contribution in [0.4, 0.5) is 0 Å². The molecule has 0 radical (unpaired) electrons. The molecule has 0 saturated carbocycles. The van der Waals surface area contributed by atoms with Crippen LogP contribution < -0.4 is 16.0 Å². The van der Waals surface area contributed by atoms with Gasteiger partial charge in [0.2, 0.25) is 0 Å². The molecule has 9 rings (SSSR count). The predicted octanol–water partition coefficient (Wildman–Crippen LogP) is 10.7. The molecule has 1 aliphatic rings. The molecule has 3 unspecified atom stereocenters. The monoisotopic (exact) mass is 623 g/mol. The van der Waals surface area contributed by atoms with E-state index in [1.54, 1.807) is 0 Å². The zero-order valence-corrected chi connectivity index (χ0v) is 26.5. The molecule has 47 heavy (non-hydrogen) atoms. The van der Waals surface area contributed by atoms with Gasteiger partial charge in [0.25, 0.3) is 0 Å². The largest absolute Gasteiger partial charge is 0.279 e. The summed E-state index contributed by atoms with van der Waals surface area (Å²) >= 11 is 1.87. The molecule has 0 aliphatic carbocycles. The highest BCUT2D eigenvalue weighted by molar-refractivity contribution is 7.25. The van der Waals surface area contributed by atoms with E-state index < -0.39 is 0 Å². The van der Waals surface area contributed by atoms with Gasteiger partial charge in [-0.3, -0.25) is 16.0 Å². The van der Waals surface area contributed by atoms with Crippen molar-refractivity contribution in [3.63, 3.8) is 0 Å². The number of rotatable bonds is 5. The van der Waals surface area contributed by atoms with Crippen molar-refractivity contribution >= 4 is 42.3 Å². The maximum atomic E-state index is 4.04. The van der Waals surface area contributed by atoms with Crippen LogP contribution in [0.1, 0.15) is 35.2 Å². The average Bonchev–Trinajstić information content (AvgIpc) is 3.54. The van der Waals surface area contributed by atoms with Crippen molar-refractivity contribution in [3.05, 3.63) is 180 Å². The molecule has 3 N–H and O–H groups in total. The first kappa shape index (κ1) is 28.1. The van der Waals surface area contributed by atoms with E-state index in [4.69, 9.17) is 0 Å². The van der Waals surface area contributed by atoms with Crippen molar-refractivity contribution in [2.24, 2.45) is 0 Å². The fourth-order valence-corrected chi connectivity index (χ4v) is 8.24. The number of benzene rings is 7. The van der Waals surface area contributed by atoms with Gasteiger partial charge in [-0.15, -0.1) is 11.3 Å². The Kier molecular flexibility index (Phi) is 7.14. The Morgan fingerprint density at radius 2 is 1.06 bits per heavy atom. The first-order valence-electron chi connectivity index (χ1n) is 16.2. The van der Waals surface area contributed by atoms with Crippen molar-refractivity contribution in [1.82, 2.24) is 16.0 Å². The minimum atomic E-state index is -0.144. The molecule has 3 atom stereocenters. The second-order valence-corrected chi connectivity index (χ2v) is 13.3. The van der Waals surface area contributed by atoms with Crippen LogP contribution >= 0.6 is 11.3 Å². The van der Waals surface area contributed by atoms with Crippen LogP contribution in [-0.4, -0.2) is 0 Å². The van der Waals surface area contributed by atoms with Crippen LogP contribution in [0, 0.1) is 0 Å². The fourth-order valence-electron chi connectivity index (χ4n) is 7.12. The van der Waals surface area contributed by atoms with Crippen LogP contribution in [0.25, 0.3) is 53.2 Å². The third-order valence-corrected chi connectivity index (χ3v) is 10.5. The van der Waals surface area contributed by atoms with Crippen molar-refractivity contribution < 1.29 is 0 Å². The lowest BCUT2D eigenvalue weighted by Crippen LogP contribution is -2.54. The molecule has 226 valence electrons. The zero-order valence-electron chi connectivity index (χ0n) is 25.7. The number of thiophene rings is 1. The smallest absolute Gasteiger partial charge is 0.0877 e. The molecule has 1 saturated heterocycles. The summed E-state index contributed by atoms with van der Waals surface area (Å²) in [7, 11) is 0. The molecule has 1 fully saturated rings. The van der Waals surface area contributed by atoms with Crippen molar-refractivity contribution in [2.75, 3.05) is 0 Å². The Morgan fingerprint density at radius 3 is 1.91 bits per heavy atom. The topological polar surface area (TPSA) is 36.1 Å². The quantitative estimate of drug-likeness (QED) is 0.179. The highest BCUT2D eigenvalue weighted by Gasteiger charge is 2.33. The second-order valence-electron chi connectivity index (χ2n) is 12.3. The molecular weight excluding hydrogens is 591 g/mol. The minimum absolute atomic E-state index is 0.0671. The third kappa shape index (κ3) is 5.22.